The van der Waals surface area contributed by atoms with E-state index in [4.69, 9.17) is 0 Å². The molecule has 18 heavy (non-hydrogen) atoms. The van der Waals surface area contributed by atoms with Crippen LogP contribution in [0, 0.1) is 0 Å². The Kier molecular flexibility index (Phi) is 5.08. The van der Waals surface area contributed by atoms with Crippen LogP contribution in [0.4, 0.5) is 0 Å². The normalized spacial score (nSPS) is 35.0. The first kappa shape index (κ1) is 14.3. The summed E-state index contributed by atoms with van der Waals surface area (Å²) in [6.07, 6.45) is 8.56. The highest BCUT2D eigenvalue weighted by atomic mass is 15.5. The van der Waals surface area contributed by atoms with Gasteiger partial charge in [0.05, 0.1) is 13.1 Å². The Balaban J connectivity index is 1.78. The van der Waals surface area contributed by atoms with E-state index in [1.807, 2.05) is 0 Å². The van der Waals surface area contributed by atoms with Crippen LogP contribution in [-0.2, 0) is 0 Å². The summed E-state index contributed by atoms with van der Waals surface area (Å²) in [7, 11) is 0. The predicted molar refractivity (Wildman–Crippen MR) is 78.5 cm³/mol. The van der Waals surface area contributed by atoms with Gasteiger partial charge in [0, 0.05) is 0 Å². The molecule has 2 bridgehead atoms. The molecule has 3 aliphatic heterocycles. The van der Waals surface area contributed by atoms with Crippen molar-refractivity contribution < 1.29 is 8.97 Å². The maximum absolute atomic E-state index is 2.32. The Morgan fingerprint density at radius 1 is 0.556 bits per heavy atom. The van der Waals surface area contributed by atoms with E-state index in [2.05, 4.69) is 13.8 Å². The molecule has 0 atom stereocenters. The number of rotatable bonds is 8. The zero-order valence-electron chi connectivity index (χ0n) is 12.8. The fourth-order valence-corrected chi connectivity index (χ4v) is 4.01. The van der Waals surface area contributed by atoms with Gasteiger partial charge in [-0.3, -0.25) is 0 Å². The highest BCUT2D eigenvalue weighted by Gasteiger charge is 2.47. The molecule has 0 saturated carbocycles. The van der Waals surface area contributed by atoms with Crippen LogP contribution in [0.1, 0.15) is 52.4 Å². The van der Waals surface area contributed by atoms with Gasteiger partial charge in [-0.2, -0.15) is 0 Å². The van der Waals surface area contributed by atoms with Gasteiger partial charge in [0.25, 0.3) is 0 Å². The molecular formula is C16H34N2+2. The van der Waals surface area contributed by atoms with Crippen LogP contribution in [-0.4, -0.2) is 61.3 Å². The maximum Gasteiger partial charge on any atom is 0.129 e. The van der Waals surface area contributed by atoms with Crippen molar-refractivity contribution in [3.63, 3.8) is 0 Å². The summed E-state index contributed by atoms with van der Waals surface area (Å²) in [5.41, 5.74) is 0. The highest BCUT2D eigenvalue weighted by Crippen LogP contribution is 2.27. The van der Waals surface area contributed by atoms with E-state index in [1.54, 1.807) is 0 Å². The third-order valence-corrected chi connectivity index (χ3v) is 5.62. The third kappa shape index (κ3) is 3.27. The van der Waals surface area contributed by atoms with Gasteiger partial charge in [-0.15, -0.1) is 0 Å². The first-order valence-electron chi connectivity index (χ1n) is 8.44. The molecule has 0 aromatic carbocycles. The van der Waals surface area contributed by atoms with E-state index in [1.165, 1.54) is 99.8 Å². The van der Waals surface area contributed by atoms with Gasteiger partial charge in [0.2, 0.25) is 0 Å². The molecule has 3 saturated heterocycles. The van der Waals surface area contributed by atoms with E-state index in [-0.39, 0.29) is 0 Å². The first-order valence-corrected chi connectivity index (χ1v) is 8.44. The van der Waals surface area contributed by atoms with E-state index in [9.17, 15) is 0 Å². The van der Waals surface area contributed by atoms with Gasteiger partial charge in [0.15, 0.2) is 0 Å². The molecule has 3 rings (SSSR count). The van der Waals surface area contributed by atoms with E-state index < -0.39 is 0 Å². The smallest absolute Gasteiger partial charge is 0.129 e. The highest BCUT2D eigenvalue weighted by molar-refractivity contribution is 4.62. The van der Waals surface area contributed by atoms with E-state index >= 15 is 0 Å². The van der Waals surface area contributed by atoms with Gasteiger partial charge in [0.1, 0.15) is 39.3 Å². The first-order chi connectivity index (χ1) is 8.74. The largest absolute Gasteiger partial charge is 0.310 e. The topological polar surface area (TPSA) is 0 Å². The number of quaternary nitrogens is 2. The zero-order valence-corrected chi connectivity index (χ0v) is 12.8. The molecule has 3 heterocycles. The lowest BCUT2D eigenvalue weighted by molar-refractivity contribution is -1.08. The van der Waals surface area contributed by atoms with E-state index in [0.717, 1.165) is 0 Å². The SMILES string of the molecule is CCCCC[N+]12CC[N+](CCCCC)(CC1)CC2. The number of hydrogen-bond donors (Lipinski definition) is 0. The molecule has 0 aromatic rings. The minimum atomic E-state index is 1.37. The predicted octanol–water partition coefficient (Wildman–Crippen LogP) is 3.03. The summed E-state index contributed by atoms with van der Waals surface area (Å²) in [4.78, 5) is 0. The molecular weight excluding hydrogens is 220 g/mol. The number of fused-ring (bicyclic) bond motifs is 3. The second-order valence-corrected chi connectivity index (χ2v) is 6.89. The van der Waals surface area contributed by atoms with Crippen LogP contribution in [0.2, 0.25) is 0 Å². The Labute approximate surface area is 114 Å². The quantitative estimate of drug-likeness (QED) is 0.461. The van der Waals surface area contributed by atoms with Crippen LogP contribution < -0.4 is 0 Å². The second-order valence-electron chi connectivity index (χ2n) is 6.89. The summed E-state index contributed by atoms with van der Waals surface area (Å²) in [5.74, 6) is 0. The fourth-order valence-electron chi connectivity index (χ4n) is 4.01. The summed E-state index contributed by atoms with van der Waals surface area (Å²) >= 11 is 0. The van der Waals surface area contributed by atoms with Crippen LogP contribution in [0.15, 0.2) is 0 Å². The van der Waals surface area contributed by atoms with Crippen molar-refractivity contribution in [2.75, 3.05) is 52.4 Å². The molecule has 0 aliphatic carbocycles. The fraction of sp³-hybridized carbons (Fsp3) is 1.00. The average molecular weight is 254 g/mol. The molecule has 106 valence electrons. The van der Waals surface area contributed by atoms with Gasteiger partial charge >= 0.3 is 0 Å². The van der Waals surface area contributed by atoms with Crippen molar-refractivity contribution in [1.29, 1.82) is 0 Å². The molecule has 0 amide bonds. The van der Waals surface area contributed by atoms with E-state index in [0.29, 0.717) is 0 Å². The lowest BCUT2D eigenvalue weighted by Crippen LogP contribution is -2.75. The van der Waals surface area contributed by atoms with Crippen molar-refractivity contribution >= 4 is 0 Å². The summed E-state index contributed by atoms with van der Waals surface area (Å²) in [5, 5.41) is 0. The van der Waals surface area contributed by atoms with Gasteiger partial charge < -0.3 is 8.97 Å². The third-order valence-electron chi connectivity index (χ3n) is 5.62. The van der Waals surface area contributed by atoms with Crippen LogP contribution in [0.25, 0.3) is 0 Å². The average Bonchev–Trinajstić information content (AvgIpc) is 2.42. The lowest BCUT2D eigenvalue weighted by atomic mass is 10.0. The summed E-state index contributed by atoms with van der Waals surface area (Å²) in [6, 6.07) is 0. The van der Waals surface area contributed by atoms with Crippen molar-refractivity contribution in [3.8, 4) is 0 Å². The summed E-state index contributed by atoms with van der Waals surface area (Å²) in [6.45, 7) is 16.5. The molecule has 2 heteroatoms. The minimum absolute atomic E-state index is 1.37. The zero-order chi connectivity index (χ0) is 12.9. The monoisotopic (exact) mass is 254 g/mol. The number of unbranched alkanes of at least 4 members (excludes halogenated alkanes) is 4. The van der Waals surface area contributed by atoms with Crippen molar-refractivity contribution in [2.24, 2.45) is 0 Å². The van der Waals surface area contributed by atoms with Crippen LogP contribution in [0.5, 0.6) is 0 Å². The van der Waals surface area contributed by atoms with Gasteiger partial charge in [-0.25, -0.2) is 0 Å². The standard InChI is InChI=1S/C16H34N2/c1-3-5-7-9-17-11-14-18(15-12-17,16-13-17)10-8-6-4-2/h3-16H2,1-2H3/q+2. The number of piperazine rings is 3. The molecule has 0 N–H and O–H groups in total. The molecule has 2 nitrogen and oxygen atoms in total. The Morgan fingerprint density at radius 2 is 0.889 bits per heavy atom. The second kappa shape index (κ2) is 6.38. The molecule has 0 aromatic heterocycles. The van der Waals surface area contributed by atoms with Crippen LogP contribution >= 0.6 is 0 Å². The van der Waals surface area contributed by atoms with Crippen molar-refractivity contribution in [2.45, 2.75) is 52.4 Å². The van der Waals surface area contributed by atoms with Gasteiger partial charge in [-0.05, 0) is 25.7 Å². The number of nitrogens with zero attached hydrogens (tertiary/aromatic N) is 2. The Morgan fingerprint density at radius 3 is 1.17 bits per heavy atom. The van der Waals surface area contributed by atoms with Gasteiger partial charge in [-0.1, -0.05) is 26.7 Å². The molecule has 0 spiro atoms. The summed E-state index contributed by atoms with van der Waals surface area (Å²) < 4.78 is 2.96. The molecule has 0 unspecified atom stereocenters. The Bertz CT molecular complexity index is 199. The lowest BCUT2D eigenvalue weighted by Gasteiger charge is -2.55. The maximum atomic E-state index is 2.32. The number of hydrogen-bond acceptors (Lipinski definition) is 0. The Hall–Kier alpha value is -0.0800. The molecule has 0 radical (unpaired) electrons. The van der Waals surface area contributed by atoms with Crippen LogP contribution in [0.3, 0.4) is 0 Å². The van der Waals surface area contributed by atoms with Crippen molar-refractivity contribution in [3.05, 3.63) is 0 Å². The van der Waals surface area contributed by atoms with Crippen molar-refractivity contribution in [1.82, 2.24) is 0 Å². The minimum Gasteiger partial charge on any atom is -0.310 e. The molecule has 3 fully saturated rings. The molecule has 3 aliphatic rings.